The number of carbonyl (C=O) groups excluding carboxylic acids is 1. The van der Waals surface area contributed by atoms with E-state index < -0.39 is 0 Å². The number of imidazole rings is 1. The summed E-state index contributed by atoms with van der Waals surface area (Å²) in [6.45, 7) is 4.12. The van der Waals surface area contributed by atoms with Gasteiger partial charge in [-0.05, 0) is 47.5 Å². The van der Waals surface area contributed by atoms with Gasteiger partial charge in [0.25, 0.3) is 5.91 Å². The Morgan fingerprint density at radius 3 is 2.74 bits per heavy atom. The smallest absolute Gasteiger partial charge is 0.287 e. The minimum atomic E-state index is -0.247. The molecule has 118 valence electrons. The van der Waals surface area contributed by atoms with Crippen molar-refractivity contribution in [3.8, 4) is 5.82 Å². The van der Waals surface area contributed by atoms with Crippen LogP contribution in [0.25, 0.3) is 5.82 Å². The number of nitrogens with zero attached hydrogens (tertiary/aromatic N) is 3. The van der Waals surface area contributed by atoms with Gasteiger partial charge in [-0.3, -0.25) is 9.36 Å². The van der Waals surface area contributed by atoms with Gasteiger partial charge in [-0.25, -0.2) is 9.97 Å². The van der Waals surface area contributed by atoms with E-state index in [0.717, 1.165) is 22.8 Å². The number of rotatable bonds is 4. The molecule has 0 unspecified atom stereocenters. The maximum Gasteiger partial charge on any atom is 0.287 e. The van der Waals surface area contributed by atoms with Gasteiger partial charge in [0, 0.05) is 30.7 Å². The number of aryl methyl sites for hydroxylation is 2. The van der Waals surface area contributed by atoms with E-state index >= 15 is 0 Å². The summed E-state index contributed by atoms with van der Waals surface area (Å²) in [4.78, 5) is 20.7. The Morgan fingerprint density at radius 2 is 2.17 bits per heavy atom. The summed E-state index contributed by atoms with van der Waals surface area (Å²) >= 11 is 3.22. The Balaban J connectivity index is 1.66. The zero-order valence-electron chi connectivity index (χ0n) is 12.7. The number of aromatic nitrogens is 3. The van der Waals surface area contributed by atoms with E-state index in [-0.39, 0.29) is 5.91 Å². The van der Waals surface area contributed by atoms with Crippen LogP contribution in [0.3, 0.4) is 0 Å². The Kier molecular flexibility index (Phi) is 4.29. The van der Waals surface area contributed by atoms with Crippen LogP contribution in [0, 0.1) is 13.8 Å². The van der Waals surface area contributed by atoms with E-state index in [0.29, 0.717) is 17.0 Å². The molecule has 23 heavy (non-hydrogen) atoms. The van der Waals surface area contributed by atoms with Crippen LogP contribution in [0.5, 0.6) is 0 Å². The molecule has 3 heterocycles. The Bertz CT molecular complexity index is 836. The standard InChI is InChI=1S/C16H15BrN4O2/c1-10-7-13(17)23-15(10)16(22)20-9-12-3-4-14(19-8-12)21-6-5-18-11(21)2/h3-8H,9H2,1-2H3,(H,20,22). The van der Waals surface area contributed by atoms with Crippen LogP contribution in [0.1, 0.15) is 27.5 Å². The van der Waals surface area contributed by atoms with Crippen LogP contribution >= 0.6 is 15.9 Å². The van der Waals surface area contributed by atoms with Gasteiger partial charge in [0.2, 0.25) is 0 Å². The van der Waals surface area contributed by atoms with Crippen molar-refractivity contribution in [2.24, 2.45) is 0 Å². The van der Waals surface area contributed by atoms with Crippen LogP contribution in [-0.2, 0) is 6.54 Å². The van der Waals surface area contributed by atoms with E-state index in [2.05, 4.69) is 31.2 Å². The Hall–Kier alpha value is -2.41. The maximum absolute atomic E-state index is 12.1. The molecule has 6 nitrogen and oxygen atoms in total. The molecule has 0 atom stereocenters. The van der Waals surface area contributed by atoms with E-state index in [1.165, 1.54) is 0 Å². The summed E-state index contributed by atoms with van der Waals surface area (Å²) in [5, 5.41) is 2.82. The fourth-order valence-corrected chi connectivity index (χ4v) is 2.72. The van der Waals surface area contributed by atoms with Crippen LogP contribution in [0.2, 0.25) is 0 Å². The highest BCUT2D eigenvalue weighted by Gasteiger charge is 2.14. The third kappa shape index (κ3) is 3.34. The van der Waals surface area contributed by atoms with Gasteiger partial charge in [0.05, 0.1) is 0 Å². The number of pyridine rings is 1. The monoisotopic (exact) mass is 374 g/mol. The van der Waals surface area contributed by atoms with Crippen LogP contribution < -0.4 is 5.32 Å². The third-order valence-electron chi connectivity index (χ3n) is 3.43. The lowest BCUT2D eigenvalue weighted by Crippen LogP contribution is -2.23. The van der Waals surface area contributed by atoms with Crippen LogP contribution in [0.15, 0.2) is 45.9 Å². The van der Waals surface area contributed by atoms with E-state index in [1.54, 1.807) is 18.5 Å². The third-order valence-corrected chi connectivity index (χ3v) is 3.82. The number of halogens is 1. The number of hydrogen-bond donors (Lipinski definition) is 1. The number of furan rings is 1. The second kappa shape index (κ2) is 6.37. The van der Waals surface area contributed by atoms with Crippen molar-refractivity contribution in [3.05, 3.63) is 64.2 Å². The second-order valence-corrected chi connectivity index (χ2v) is 5.90. The highest BCUT2D eigenvalue weighted by molar-refractivity contribution is 9.10. The summed E-state index contributed by atoms with van der Waals surface area (Å²) < 4.78 is 7.76. The molecule has 0 saturated heterocycles. The van der Waals surface area contributed by atoms with Crippen molar-refractivity contribution in [3.63, 3.8) is 0 Å². The molecule has 1 N–H and O–H groups in total. The molecular weight excluding hydrogens is 360 g/mol. The van der Waals surface area contributed by atoms with Gasteiger partial charge in [-0.1, -0.05) is 6.07 Å². The lowest BCUT2D eigenvalue weighted by molar-refractivity contribution is 0.0921. The van der Waals surface area contributed by atoms with Crippen molar-refractivity contribution in [2.45, 2.75) is 20.4 Å². The highest BCUT2D eigenvalue weighted by atomic mass is 79.9. The van der Waals surface area contributed by atoms with Crippen LogP contribution in [-0.4, -0.2) is 20.4 Å². The van der Waals surface area contributed by atoms with Crippen LogP contribution in [0.4, 0.5) is 0 Å². The molecule has 0 aromatic carbocycles. The topological polar surface area (TPSA) is 73.0 Å². The minimum Gasteiger partial charge on any atom is -0.444 e. The van der Waals surface area contributed by atoms with Crippen molar-refractivity contribution < 1.29 is 9.21 Å². The normalized spacial score (nSPS) is 10.7. The minimum absolute atomic E-state index is 0.247. The zero-order valence-corrected chi connectivity index (χ0v) is 14.3. The van der Waals surface area contributed by atoms with Crippen molar-refractivity contribution in [1.82, 2.24) is 19.9 Å². The van der Waals surface area contributed by atoms with E-state index in [9.17, 15) is 4.79 Å². The lowest BCUT2D eigenvalue weighted by atomic mass is 10.2. The molecule has 1 amide bonds. The molecule has 0 saturated carbocycles. The lowest BCUT2D eigenvalue weighted by Gasteiger charge is -2.07. The Labute approximate surface area is 141 Å². The second-order valence-electron chi connectivity index (χ2n) is 5.11. The molecule has 3 rings (SSSR count). The molecule has 0 spiro atoms. The van der Waals surface area contributed by atoms with Crippen molar-refractivity contribution >= 4 is 21.8 Å². The largest absolute Gasteiger partial charge is 0.444 e. The first-order chi connectivity index (χ1) is 11.0. The summed E-state index contributed by atoms with van der Waals surface area (Å²) in [6.07, 6.45) is 5.32. The zero-order chi connectivity index (χ0) is 16.4. The molecule has 0 bridgehead atoms. The molecule has 0 aliphatic heterocycles. The molecule has 0 fully saturated rings. The average molecular weight is 375 g/mol. The molecular formula is C16H15BrN4O2. The van der Waals surface area contributed by atoms with Gasteiger partial charge < -0.3 is 9.73 Å². The first-order valence-electron chi connectivity index (χ1n) is 7.04. The number of hydrogen-bond acceptors (Lipinski definition) is 4. The molecule has 7 heteroatoms. The van der Waals surface area contributed by atoms with E-state index in [1.807, 2.05) is 36.7 Å². The fourth-order valence-electron chi connectivity index (χ4n) is 2.22. The van der Waals surface area contributed by atoms with Gasteiger partial charge in [-0.2, -0.15) is 0 Å². The predicted molar refractivity (Wildman–Crippen MR) is 88.4 cm³/mol. The van der Waals surface area contributed by atoms with E-state index in [4.69, 9.17) is 4.42 Å². The highest BCUT2D eigenvalue weighted by Crippen LogP contribution is 2.19. The predicted octanol–water partition coefficient (Wildman–Crippen LogP) is 3.17. The number of nitrogens with one attached hydrogen (secondary N) is 1. The number of amides is 1. The van der Waals surface area contributed by atoms with Gasteiger partial charge in [0.15, 0.2) is 10.4 Å². The van der Waals surface area contributed by atoms with Gasteiger partial charge in [0.1, 0.15) is 11.6 Å². The summed E-state index contributed by atoms with van der Waals surface area (Å²) in [5.41, 5.74) is 1.70. The first-order valence-corrected chi connectivity index (χ1v) is 7.83. The molecule has 0 aliphatic carbocycles. The number of carbonyl (C=O) groups is 1. The van der Waals surface area contributed by atoms with Crippen molar-refractivity contribution in [2.75, 3.05) is 0 Å². The molecule has 0 aliphatic rings. The first kappa shape index (κ1) is 15.5. The average Bonchev–Trinajstić information content (AvgIpc) is 3.10. The van der Waals surface area contributed by atoms with Gasteiger partial charge in [-0.15, -0.1) is 0 Å². The maximum atomic E-state index is 12.1. The van der Waals surface area contributed by atoms with Crippen molar-refractivity contribution in [1.29, 1.82) is 0 Å². The summed E-state index contributed by atoms with van der Waals surface area (Å²) in [7, 11) is 0. The summed E-state index contributed by atoms with van der Waals surface area (Å²) in [6, 6.07) is 5.58. The molecule has 3 aromatic heterocycles. The molecule has 3 aromatic rings. The summed E-state index contributed by atoms with van der Waals surface area (Å²) in [5.74, 6) is 1.73. The molecule has 0 radical (unpaired) electrons. The fraction of sp³-hybridized carbons (Fsp3) is 0.188. The SMILES string of the molecule is Cc1cc(Br)oc1C(=O)NCc1ccc(-n2ccnc2C)nc1. The van der Waals surface area contributed by atoms with Gasteiger partial charge >= 0.3 is 0 Å². The quantitative estimate of drug-likeness (QED) is 0.760. The Morgan fingerprint density at radius 1 is 1.35 bits per heavy atom.